The monoisotopic (exact) mass is 277 g/mol. The summed E-state index contributed by atoms with van der Waals surface area (Å²) in [6.45, 7) is 2.25. The molecule has 1 aromatic carbocycles. The lowest BCUT2D eigenvalue weighted by molar-refractivity contribution is 0.0288. The molecule has 0 amide bonds. The zero-order valence-corrected chi connectivity index (χ0v) is 11.6. The summed E-state index contributed by atoms with van der Waals surface area (Å²) in [6, 6.07) is 14.1. The summed E-state index contributed by atoms with van der Waals surface area (Å²) in [5.41, 5.74) is 1.13. The second-order valence-corrected chi connectivity index (χ2v) is 5.40. The largest absolute Gasteiger partial charge is 0.389 e. The van der Waals surface area contributed by atoms with Crippen LogP contribution in [-0.2, 0) is 17.9 Å². The Bertz CT molecular complexity index is 444. The van der Waals surface area contributed by atoms with E-state index in [2.05, 4.69) is 16.8 Å². The van der Waals surface area contributed by atoms with Gasteiger partial charge in [0.15, 0.2) is 0 Å². The third-order valence-electron chi connectivity index (χ3n) is 2.68. The zero-order valence-electron chi connectivity index (χ0n) is 10.8. The van der Waals surface area contributed by atoms with E-state index < -0.39 is 6.10 Å². The van der Waals surface area contributed by atoms with Crippen molar-refractivity contribution < 1.29 is 9.84 Å². The fourth-order valence-corrected chi connectivity index (χ4v) is 2.40. The first-order valence-corrected chi connectivity index (χ1v) is 7.25. The van der Waals surface area contributed by atoms with Gasteiger partial charge in [-0.05, 0) is 17.0 Å². The molecule has 19 heavy (non-hydrogen) atoms. The van der Waals surface area contributed by atoms with Crippen LogP contribution in [0.2, 0.25) is 0 Å². The van der Waals surface area contributed by atoms with Crippen LogP contribution >= 0.6 is 11.3 Å². The number of rotatable bonds is 8. The van der Waals surface area contributed by atoms with Gasteiger partial charge in [-0.3, -0.25) is 0 Å². The van der Waals surface area contributed by atoms with Crippen LogP contribution in [0.3, 0.4) is 0 Å². The lowest BCUT2D eigenvalue weighted by Gasteiger charge is -2.12. The van der Waals surface area contributed by atoms with Crippen molar-refractivity contribution in [1.82, 2.24) is 5.32 Å². The maximum atomic E-state index is 9.77. The van der Waals surface area contributed by atoms with E-state index in [0.717, 1.165) is 12.1 Å². The topological polar surface area (TPSA) is 41.5 Å². The van der Waals surface area contributed by atoms with Crippen molar-refractivity contribution in [3.8, 4) is 0 Å². The Balaban J connectivity index is 1.56. The van der Waals surface area contributed by atoms with Gasteiger partial charge in [0.1, 0.15) is 0 Å². The maximum Gasteiger partial charge on any atom is 0.0897 e. The number of aliphatic hydroxyl groups excluding tert-OH is 1. The van der Waals surface area contributed by atoms with Crippen molar-refractivity contribution in [1.29, 1.82) is 0 Å². The molecule has 2 rings (SSSR count). The van der Waals surface area contributed by atoms with Crippen LogP contribution < -0.4 is 5.32 Å². The first-order chi connectivity index (χ1) is 9.34. The quantitative estimate of drug-likeness (QED) is 0.778. The van der Waals surface area contributed by atoms with Crippen LogP contribution in [0.5, 0.6) is 0 Å². The Morgan fingerprint density at radius 2 is 2.00 bits per heavy atom. The van der Waals surface area contributed by atoms with E-state index in [1.54, 1.807) is 11.3 Å². The molecule has 0 radical (unpaired) electrons. The van der Waals surface area contributed by atoms with Gasteiger partial charge < -0.3 is 15.2 Å². The molecule has 102 valence electrons. The fraction of sp³-hybridized carbons (Fsp3) is 0.333. The number of hydrogen-bond acceptors (Lipinski definition) is 4. The number of ether oxygens (including phenoxy) is 1. The highest BCUT2D eigenvalue weighted by molar-refractivity contribution is 7.09. The molecule has 0 aliphatic carbocycles. The minimum Gasteiger partial charge on any atom is -0.389 e. The molecule has 2 N–H and O–H groups in total. The SMILES string of the molecule is OC(CNCc1cccs1)COCc1ccccc1. The summed E-state index contributed by atoms with van der Waals surface area (Å²) in [5.74, 6) is 0. The first kappa shape index (κ1) is 14.2. The molecule has 4 heteroatoms. The third kappa shape index (κ3) is 5.53. The zero-order chi connectivity index (χ0) is 13.3. The van der Waals surface area contributed by atoms with Crippen LogP contribution in [-0.4, -0.2) is 24.4 Å². The summed E-state index contributed by atoms with van der Waals surface area (Å²) in [7, 11) is 0. The second-order valence-electron chi connectivity index (χ2n) is 4.36. The highest BCUT2D eigenvalue weighted by Gasteiger charge is 2.04. The lowest BCUT2D eigenvalue weighted by atomic mass is 10.2. The van der Waals surface area contributed by atoms with Gasteiger partial charge in [-0.2, -0.15) is 0 Å². The molecule has 1 atom stereocenters. The van der Waals surface area contributed by atoms with Crippen LogP contribution in [0, 0.1) is 0 Å². The molecule has 0 bridgehead atoms. The lowest BCUT2D eigenvalue weighted by Crippen LogP contribution is -2.29. The minimum absolute atomic E-state index is 0.354. The number of nitrogens with one attached hydrogen (secondary N) is 1. The molecule has 1 aromatic heterocycles. The van der Waals surface area contributed by atoms with Gasteiger partial charge in [-0.25, -0.2) is 0 Å². The van der Waals surface area contributed by atoms with Crippen molar-refractivity contribution in [2.24, 2.45) is 0 Å². The molecule has 1 unspecified atom stereocenters. The standard InChI is InChI=1S/C15H19NO2S/c17-14(9-16-10-15-7-4-8-19-15)12-18-11-13-5-2-1-3-6-13/h1-8,14,16-17H,9-12H2. The summed E-state index contributed by atoms with van der Waals surface area (Å²) in [4.78, 5) is 1.28. The van der Waals surface area contributed by atoms with E-state index in [9.17, 15) is 5.11 Å². The molecular formula is C15H19NO2S. The van der Waals surface area contributed by atoms with Crippen LogP contribution in [0.4, 0.5) is 0 Å². The van der Waals surface area contributed by atoms with Crippen molar-refractivity contribution in [3.63, 3.8) is 0 Å². The van der Waals surface area contributed by atoms with Gasteiger partial charge in [-0.1, -0.05) is 36.4 Å². The Labute approximate surface area is 117 Å². The molecule has 0 saturated heterocycles. The van der Waals surface area contributed by atoms with Gasteiger partial charge in [0.05, 0.1) is 19.3 Å². The Morgan fingerprint density at radius 1 is 1.16 bits per heavy atom. The van der Waals surface area contributed by atoms with Crippen LogP contribution in [0.1, 0.15) is 10.4 Å². The van der Waals surface area contributed by atoms with E-state index in [0.29, 0.717) is 19.8 Å². The maximum absolute atomic E-state index is 9.77. The number of hydrogen-bond donors (Lipinski definition) is 2. The van der Waals surface area contributed by atoms with Crippen molar-refractivity contribution in [2.75, 3.05) is 13.2 Å². The molecule has 3 nitrogen and oxygen atoms in total. The molecule has 1 heterocycles. The molecule has 0 spiro atoms. The van der Waals surface area contributed by atoms with E-state index in [-0.39, 0.29) is 0 Å². The molecule has 0 aliphatic rings. The summed E-state index contributed by atoms with van der Waals surface area (Å²) in [5, 5.41) is 15.0. The van der Waals surface area contributed by atoms with E-state index in [4.69, 9.17) is 4.74 Å². The fourth-order valence-electron chi connectivity index (χ4n) is 1.72. The number of benzene rings is 1. The molecular weight excluding hydrogens is 258 g/mol. The van der Waals surface area contributed by atoms with Gasteiger partial charge in [0.2, 0.25) is 0 Å². The second kappa shape index (κ2) is 8.07. The Kier molecular flexibility index (Phi) is 6.04. The van der Waals surface area contributed by atoms with Crippen molar-refractivity contribution in [3.05, 3.63) is 58.3 Å². The smallest absolute Gasteiger partial charge is 0.0897 e. The van der Waals surface area contributed by atoms with Gasteiger partial charge in [0, 0.05) is 18.0 Å². The van der Waals surface area contributed by atoms with Crippen LogP contribution in [0.15, 0.2) is 47.8 Å². The average molecular weight is 277 g/mol. The molecule has 0 fully saturated rings. The average Bonchev–Trinajstić information content (AvgIpc) is 2.93. The highest BCUT2D eigenvalue weighted by atomic mass is 32.1. The number of aliphatic hydroxyl groups is 1. The Morgan fingerprint density at radius 3 is 2.74 bits per heavy atom. The predicted molar refractivity (Wildman–Crippen MR) is 78.1 cm³/mol. The third-order valence-corrected chi connectivity index (χ3v) is 3.56. The van der Waals surface area contributed by atoms with E-state index in [1.807, 2.05) is 36.4 Å². The van der Waals surface area contributed by atoms with Crippen LogP contribution in [0.25, 0.3) is 0 Å². The first-order valence-electron chi connectivity index (χ1n) is 6.37. The van der Waals surface area contributed by atoms with E-state index in [1.165, 1.54) is 4.88 Å². The summed E-state index contributed by atoms with van der Waals surface area (Å²) in [6.07, 6.45) is -0.469. The van der Waals surface area contributed by atoms with Crippen molar-refractivity contribution >= 4 is 11.3 Å². The normalized spacial score (nSPS) is 12.5. The highest BCUT2D eigenvalue weighted by Crippen LogP contribution is 2.07. The minimum atomic E-state index is -0.469. The van der Waals surface area contributed by atoms with E-state index >= 15 is 0 Å². The van der Waals surface area contributed by atoms with Crippen molar-refractivity contribution in [2.45, 2.75) is 19.3 Å². The summed E-state index contributed by atoms with van der Waals surface area (Å²) >= 11 is 1.71. The van der Waals surface area contributed by atoms with Gasteiger partial charge >= 0.3 is 0 Å². The molecule has 0 aliphatic heterocycles. The van der Waals surface area contributed by atoms with Gasteiger partial charge in [0.25, 0.3) is 0 Å². The molecule has 2 aromatic rings. The van der Waals surface area contributed by atoms with Gasteiger partial charge in [-0.15, -0.1) is 11.3 Å². The molecule has 0 saturated carbocycles. The Hall–Kier alpha value is -1.20. The summed E-state index contributed by atoms with van der Waals surface area (Å²) < 4.78 is 5.48. The predicted octanol–water partition coefficient (Wildman–Crippen LogP) is 2.42. The number of thiophene rings is 1.